The maximum absolute atomic E-state index is 4.83. The van der Waals surface area contributed by atoms with Gasteiger partial charge in [-0.25, -0.2) is 4.98 Å². The van der Waals surface area contributed by atoms with E-state index in [0.717, 1.165) is 52.6 Å². The summed E-state index contributed by atoms with van der Waals surface area (Å²) < 4.78 is 0. The summed E-state index contributed by atoms with van der Waals surface area (Å²) in [5, 5.41) is 8.77. The second kappa shape index (κ2) is 7.68. The van der Waals surface area contributed by atoms with Gasteiger partial charge in [0, 0.05) is 43.3 Å². The van der Waals surface area contributed by atoms with Crippen LogP contribution in [0, 0.1) is 6.92 Å². The average Bonchev–Trinajstić information content (AvgIpc) is 3.42. The largest absolute Gasteiger partial charge is 0.369 e. The van der Waals surface area contributed by atoms with E-state index in [4.69, 9.17) is 4.98 Å². The van der Waals surface area contributed by atoms with Gasteiger partial charge in [0.05, 0.1) is 16.6 Å². The van der Waals surface area contributed by atoms with Gasteiger partial charge in [-0.1, -0.05) is 30.9 Å². The molecule has 0 radical (unpaired) electrons. The molecule has 1 saturated heterocycles. The topological polar surface area (TPSA) is 63.8 Å². The summed E-state index contributed by atoms with van der Waals surface area (Å²) in [6.07, 6.45) is 7.04. The first-order valence-corrected chi connectivity index (χ1v) is 11.7. The summed E-state index contributed by atoms with van der Waals surface area (Å²) in [5.74, 6) is 0.825. The Morgan fingerprint density at radius 2 is 1.74 bits per heavy atom. The number of benzene rings is 2. The Bertz CT molecular complexity index is 1210. The second-order valence-electron chi connectivity index (χ2n) is 9.22. The molecule has 1 aliphatic carbocycles. The normalized spacial score (nSPS) is 18.9. The van der Waals surface area contributed by atoms with Crippen LogP contribution in [0.15, 0.2) is 36.4 Å². The van der Waals surface area contributed by atoms with Crippen molar-refractivity contribution in [2.75, 3.05) is 31.1 Å². The number of nitrogens with zero attached hydrogens (tertiary/aromatic N) is 4. The SMILES string of the molecule is Cc1ccc2[nH]nc(-c3nc4ccc(N5CCN(C6CCCCC6)CC5)cc4[nH]3)c2c1. The summed E-state index contributed by atoms with van der Waals surface area (Å²) in [7, 11) is 0. The molecule has 6 rings (SSSR count). The number of aryl methyl sites for hydroxylation is 1. The molecular weight excluding hydrogens is 384 g/mol. The summed E-state index contributed by atoms with van der Waals surface area (Å²) >= 11 is 0. The van der Waals surface area contributed by atoms with Crippen molar-refractivity contribution in [1.82, 2.24) is 25.1 Å². The van der Waals surface area contributed by atoms with Crippen LogP contribution in [0.2, 0.25) is 0 Å². The van der Waals surface area contributed by atoms with Crippen LogP contribution in [0.25, 0.3) is 33.5 Å². The lowest BCUT2D eigenvalue weighted by Gasteiger charge is -2.41. The van der Waals surface area contributed by atoms with Crippen LogP contribution in [-0.4, -0.2) is 57.3 Å². The number of nitrogens with one attached hydrogen (secondary N) is 2. The number of piperazine rings is 1. The first kappa shape index (κ1) is 18.9. The van der Waals surface area contributed by atoms with Crippen LogP contribution in [0.1, 0.15) is 37.7 Å². The average molecular weight is 415 g/mol. The summed E-state index contributed by atoms with van der Waals surface area (Å²) in [6, 6.07) is 13.8. The van der Waals surface area contributed by atoms with Crippen LogP contribution < -0.4 is 4.90 Å². The fraction of sp³-hybridized carbons (Fsp3) is 0.440. The van der Waals surface area contributed by atoms with Crippen LogP contribution in [0.5, 0.6) is 0 Å². The van der Waals surface area contributed by atoms with E-state index in [1.807, 2.05) is 0 Å². The Labute approximate surface area is 182 Å². The van der Waals surface area contributed by atoms with E-state index in [0.29, 0.717) is 0 Å². The molecule has 2 aliphatic rings. The smallest absolute Gasteiger partial charge is 0.159 e. The Morgan fingerprint density at radius 1 is 0.903 bits per heavy atom. The van der Waals surface area contributed by atoms with Crippen molar-refractivity contribution in [1.29, 1.82) is 0 Å². The molecule has 2 fully saturated rings. The fourth-order valence-corrected chi connectivity index (χ4v) is 5.41. The van der Waals surface area contributed by atoms with E-state index >= 15 is 0 Å². The predicted molar refractivity (Wildman–Crippen MR) is 127 cm³/mol. The molecule has 0 atom stereocenters. The zero-order chi connectivity index (χ0) is 20.8. The van der Waals surface area contributed by atoms with Crippen molar-refractivity contribution in [3.8, 4) is 11.5 Å². The van der Waals surface area contributed by atoms with Gasteiger partial charge in [0.15, 0.2) is 5.82 Å². The van der Waals surface area contributed by atoms with Crippen molar-refractivity contribution >= 4 is 27.6 Å². The molecule has 0 unspecified atom stereocenters. The van der Waals surface area contributed by atoms with E-state index in [-0.39, 0.29) is 0 Å². The van der Waals surface area contributed by atoms with Gasteiger partial charge in [-0.3, -0.25) is 10.00 Å². The molecule has 31 heavy (non-hydrogen) atoms. The Hall–Kier alpha value is -2.86. The van der Waals surface area contributed by atoms with Gasteiger partial charge >= 0.3 is 0 Å². The minimum Gasteiger partial charge on any atom is -0.369 e. The highest BCUT2D eigenvalue weighted by Crippen LogP contribution is 2.29. The maximum Gasteiger partial charge on any atom is 0.159 e. The first-order valence-electron chi connectivity index (χ1n) is 11.7. The van der Waals surface area contributed by atoms with E-state index in [9.17, 15) is 0 Å². The number of fused-ring (bicyclic) bond motifs is 2. The van der Waals surface area contributed by atoms with Gasteiger partial charge in [0.1, 0.15) is 5.69 Å². The van der Waals surface area contributed by atoms with Gasteiger partial charge in [0.25, 0.3) is 0 Å². The lowest BCUT2D eigenvalue weighted by atomic mass is 9.94. The summed E-state index contributed by atoms with van der Waals surface area (Å²) in [6.45, 7) is 6.67. The molecule has 2 N–H and O–H groups in total. The van der Waals surface area contributed by atoms with Crippen LogP contribution in [0.3, 0.4) is 0 Å². The second-order valence-corrected chi connectivity index (χ2v) is 9.22. The third kappa shape index (κ3) is 3.49. The molecule has 0 amide bonds. The number of aromatic amines is 2. The Kier molecular flexibility index (Phi) is 4.68. The number of imidazole rings is 1. The minimum atomic E-state index is 0.820. The van der Waals surface area contributed by atoms with Gasteiger partial charge in [-0.15, -0.1) is 0 Å². The van der Waals surface area contributed by atoms with Crippen molar-refractivity contribution < 1.29 is 0 Å². The van der Waals surface area contributed by atoms with Crippen molar-refractivity contribution in [2.45, 2.75) is 45.1 Å². The van der Waals surface area contributed by atoms with Gasteiger partial charge in [0.2, 0.25) is 0 Å². The Morgan fingerprint density at radius 3 is 2.58 bits per heavy atom. The third-order valence-corrected chi connectivity index (χ3v) is 7.18. The number of H-pyrrole nitrogens is 2. The lowest BCUT2D eigenvalue weighted by molar-refractivity contribution is 0.148. The van der Waals surface area contributed by atoms with E-state index < -0.39 is 0 Å². The Balaban J connectivity index is 1.23. The fourth-order valence-electron chi connectivity index (χ4n) is 5.41. The minimum absolute atomic E-state index is 0.820. The number of aromatic nitrogens is 4. The highest BCUT2D eigenvalue weighted by molar-refractivity contribution is 5.93. The highest BCUT2D eigenvalue weighted by Gasteiger charge is 2.25. The zero-order valence-electron chi connectivity index (χ0n) is 18.2. The molecule has 0 spiro atoms. The highest BCUT2D eigenvalue weighted by atomic mass is 15.3. The molecule has 3 heterocycles. The predicted octanol–water partition coefficient (Wildman–Crippen LogP) is 4.87. The molecule has 0 bridgehead atoms. The van der Waals surface area contributed by atoms with Gasteiger partial charge in [-0.05, 0) is 50.1 Å². The monoisotopic (exact) mass is 414 g/mol. The van der Waals surface area contributed by atoms with E-state index in [1.54, 1.807) is 0 Å². The molecule has 1 saturated carbocycles. The molecule has 2 aromatic carbocycles. The molecule has 2 aromatic heterocycles. The molecular formula is C25H30N6. The van der Waals surface area contributed by atoms with E-state index in [2.05, 4.69) is 68.3 Å². The van der Waals surface area contributed by atoms with Crippen molar-refractivity contribution in [2.24, 2.45) is 0 Å². The van der Waals surface area contributed by atoms with Crippen molar-refractivity contribution in [3.05, 3.63) is 42.0 Å². The van der Waals surface area contributed by atoms with Crippen LogP contribution in [0.4, 0.5) is 5.69 Å². The maximum atomic E-state index is 4.83. The molecule has 160 valence electrons. The van der Waals surface area contributed by atoms with E-state index in [1.165, 1.54) is 56.4 Å². The number of anilines is 1. The van der Waals surface area contributed by atoms with Crippen molar-refractivity contribution in [3.63, 3.8) is 0 Å². The number of hydrogen-bond donors (Lipinski definition) is 2. The summed E-state index contributed by atoms with van der Waals surface area (Å²) in [4.78, 5) is 13.6. The van der Waals surface area contributed by atoms with Crippen LogP contribution in [-0.2, 0) is 0 Å². The first-order chi connectivity index (χ1) is 15.2. The summed E-state index contributed by atoms with van der Waals surface area (Å²) in [5.41, 5.74) is 6.50. The number of hydrogen-bond acceptors (Lipinski definition) is 4. The molecule has 4 aromatic rings. The molecule has 1 aliphatic heterocycles. The molecule has 6 heteroatoms. The van der Waals surface area contributed by atoms with Gasteiger partial charge < -0.3 is 9.88 Å². The van der Waals surface area contributed by atoms with Gasteiger partial charge in [-0.2, -0.15) is 5.10 Å². The third-order valence-electron chi connectivity index (χ3n) is 7.18. The quantitative estimate of drug-likeness (QED) is 0.502. The number of rotatable bonds is 3. The lowest BCUT2D eigenvalue weighted by Crippen LogP contribution is -2.50. The van der Waals surface area contributed by atoms with Crippen LogP contribution >= 0.6 is 0 Å². The standard InChI is InChI=1S/C25H30N6/c1-17-7-9-21-20(15-17)24(29-28-21)25-26-22-10-8-19(16-23(22)27-25)31-13-11-30(12-14-31)18-5-3-2-4-6-18/h7-10,15-16,18H,2-6,11-14H2,1H3,(H,26,27)(H,28,29). The zero-order valence-corrected chi connectivity index (χ0v) is 18.2. The molecule has 6 nitrogen and oxygen atoms in total.